The van der Waals surface area contributed by atoms with Crippen LogP contribution in [0.4, 0.5) is 5.69 Å². The molecule has 0 radical (unpaired) electrons. The van der Waals surface area contributed by atoms with Crippen LogP contribution in [0.15, 0.2) is 23.1 Å². The maximum atomic E-state index is 11.9. The lowest BCUT2D eigenvalue weighted by Crippen LogP contribution is -2.40. The number of ether oxygens (including phenoxy) is 1. The van der Waals surface area contributed by atoms with E-state index in [9.17, 15) is 4.79 Å². The number of amides is 1. The third-order valence-electron chi connectivity index (χ3n) is 2.80. The van der Waals surface area contributed by atoms with Crippen LogP contribution in [0, 0.1) is 5.92 Å². The Morgan fingerprint density at radius 1 is 1.44 bits per heavy atom. The van der Waals surface area contributed by atoms with Crippen LogP contribution in [0.1, 0.15) is 27.2 Å². The minimum atomic E-state index is -0.383. The molecule has 0 fully saturated rings. The van der Waals surface area contributed by atoms with Gasteiger partial charge in [-0.05, 0) is 36.3 Å². The van der Waals surface area contributed by atoms with Crippen molar-refractivity contribution < 1.29 is 9.53 Å². The van der Waals surface area contributed by atoms with E-state index >= 15 is 0 Å². The summed E-state index contributed by atoms with van der Waals surface area (Å²) in [5.74, 6) is 1.99. The summed E-state index contributed by atoms with van der Waals surface area (Å²) in [5, 5.41) is 2.93. The number of thioether (sulfide) groups is 1. The fourth-order valence-corrected chi connectivity index (χ4v) is 2.66. The lowest BCUT2D eigenvalue weighted by atomic mass is 10.0. The van der Waals surface area contributed by atoms with Crippen LogP contribution in [0.5, 0.6) is 5.75 Å². The van der Waals surface area contributed by atoms with E-state index < -0.39 is 0 Å². The Bertz CT molecular complexity index is 445. The predicted octanol–water partition coefficient (Wildman–Crippen LogP) is 3.54. The molecule has 0 bridgehead atoms. The maximum absolute atomic E-state index is 11.9. The molecule has 1 aliphatic rings. The van der Waals surface area contributed by atoms with Crippen molar-refractivity contribution in [3.05, 3.63) is 18.2 Å². The van der Waals surface area contributed by atoms with Crippen LogP contribution in [0.25, 0.3) is 0 Å². The second kappa shape index (κ2) is 5.65. The van der Waals surface area contributed by atoms with E-state index in [2.05, 4.69) is 12.2 Å². The standard InChI is InChI=1S/C14H19NO2S/c1-4-7-18-10-5-6-12-11(8-10)15-14(16)13(17-12)9(2)3/h5-6,8-9,13H,4,7H2,1-3H3,(H,15,16). The quantitative estimate of drug-likeness (QED) is 0.846. The highest BCUT2D eigenvalue weighted by molar-refractivity contribution is 7.99. The molecule has 3 nitrogen and oxygen atoms in total. The molecule has 1 aliphatic heterocycles. The van der Waals surface area contributed by atoms with E-state index in [4.69, 9.17) is 4.74 Å². The number of hydrogen-bond donors (Lipinski definition) is 1. The average Bonchev–Trinajstić information content (AvgIpc) is 2.34. The summed E-state index contributed by atoms with van der Waals surface area (Å²) in [6.45, 7) is 6.13. The van der Waals surface area contributed by atoms with Gasteiger partial charge >= 0.3 is 0 Å². The maximum Gasteiger partial charge on any atom is 0.265 e. The Hall–Kier alpha value is -1.16. The normalized spacial score (nSPS) is 18.2. The Morgan fingerprint density at radius 2 is 2.22 bits per heavy atom. The number of nitrogens with one attached hydrogen (secondary N) is 1. The number of fused-ring (bicyclic) bond motifs is 1. The molecule has 0 aliphatic carbocycles. The van der Waals surface area contributed by atoms with Gasteiger partial charge in [0.2, 0.25) is 0 Å². The molecule has 18 heavy (non-hydrogen) atoms. The summed E-state index contributed by atoms with van der Waals surface area (Å²) >= 11 is 1.79. The molecular formula is C14H19NO2S. The van der Waals surface area contributed by atoms with E-state index in [0.29, 0.717) is 0 Å². The monoisotopic (exact) mass is 265 g/mol. The Labute approximate surface area is 112 Å². The van der Waals surface area contributed by atoms with Gasteiger partial charge in [-0.15, -0.1) is 11.8 Å². The van der Waals surface area contributed by atoms with Crippen molar-refractivity contribution in [3.8, 4) is 5.75 Å². The van der Waals surface area contributed by atoms with Gasteiger partial charge in [0.05, 0.1) is 5.69 Å². The molecule has 0 saturated heterocycles. The van der Waals surface area contributed by atoms with E-state index in [1.165, 1.54) is 4.90 Å². The summed E-state index contributed by atoms with van der Waals surface area (Å²) < 4.78 is 5.74. The second-order valence-corrected chi connectivity index (χ2v) is 5.95. The van der Waals surface area contributed by atoms with Crippen molar-refractivity contribution in [1.82, 2.24) is 0 Å². The number of rotatable bonds is 4. The molecule has 2 rings (SSSR count). The van der Waals surface area contributed by atoms with Gasteiger partial charge in [0.25, 0.3) is 5.91 Å². The summed E-state index contributed by atoms with van der Waals surface area (Å²) in [7, 11) is 0. The lowest BCUT2D eigenvalue weighted by Gasteiger charge is -2.28. The van der Waals surface area contributed by atoms with Crippen molar-refractivity contribution in [3.63, 3.8) is 0 Å². The van der Waals surface area contributed by atoms with E-state index in [-0.39, 0.29) is 17.9 Å². The van der Waals surface area contributed by atoms with Gasteiger partial charge in [-0.1, -0.05) is 20.8 Å². The fourth-order valence-electron chi connectivity index (χ4n) is 1.85. The molecule has 0 aromatic heterocycles. The van der Waals surface area contributed by atoms with Crippen LogP contribution < -0.4 is 10.1 Å². The number of carbonyl (C=O) groups excluding carboxylic acids is 1. The topological polar surface area (TPSA) is 38.3 Å². The number of carbonyl (C=O) groups is 1. The molecule has 1 heterocycles. The van der Waals surface area contributed by atoms with Crippen molar-refractivity contribution >= 4 is 23.4 Å². The number of anilines is 1. The number of hydrogen-bond acceptors (Lipinski definition) is 3. The minimum absolute atomic E-state index is 0.0462. The zero-order chi connectivity index (χ0) is 13.1. The Morgan fingerprint density at radius 3 is 2.89 bits per heavy atom. The SMILES string of the molecule is CCCSc1ccc2c(c1)NC(=O)C(C(C)C)O2. The largest absolute Gasteiger partial charge is 0.478 e. The average molecular weight is 265 g/mol. The fraction of sp³-hybridized carbons (Fsp3) is 0.500. The van der Waals surface area contributed by atoms with E-state index in [1.54, 1.807) is 11.8 Å². The molecule has 98 valence electrons. The lowest BCUT2D eigenvalue weighted by molar-refractivity contribution is -0.125. The zero-order valence-corrected chi connectivity index (χ0v) is 11.8. The van der Waals surface area contributed by atoms with Crippen LogP contribution >= 0.6 is 11.8 Å². The summed E-state index contributed by atoms with van der Waals surface area (Å²) in [6.07, 6.45) is 0.756. The highest BCUT2D eigenvalue weighted by Crippen LogP contribution is 2.35. The summed E-state index contributed by atoms with van der Waals surface area (Å²) in [5.41, 5.74) is 0.790. The van der Waals surface area contributed by atoms with Crippen molar-refractivity contribution in [2.75, 3.05) is 11.1 Å². The molecular weight excluding hydrogens is 246 g/mol. The molecule has 1 aromatic carbocycles. The third kappa shape index (κ3) is 2.80. The van der Waals surface area contributed by atoms with Crippen molar-refractivity contribution in [2.24, 2.45) is 5.92 Å². The smallest absolute Gasteiger partial charge is 0.265 e. The van der Waals surface area contributed by atoms with Crippen molar-refractivity contribution in [1.29, 1.82) is 0 Å². The predicted molar refractivity (Wildman–Crippen MR) is 75.3 cm³/mol. The van der Waals surface area contributed by atoms with Crippen LogP contribution in [0.3, 0.4) is 0 Å². The van der Waals surface area contributed by atoms with Crippen LogP contribution in [-0.2, 0) is 4.79 Å². The number of benzene rings is 1. The van der Waals surface area contributed by atoms with Gasteiger partial charge in [-0.25, -0.2) is 0 Å². The molecule has 1 atom stereocenters. The van der Waals surface area contributed by atoms with Gasteiger partial charge in [0, 0.05) is 4.90 Å². The van der Waals surface area contributed by atoms with Gasteiger partial charge in [-0.3, -0.25) is 4.79 Å². The molecule has 0 spiro atoms. The first-order valence-corrected chi connectivity index (χ1v) is 7.34. The Balaban J connectivity index is 2.18. The van der Waals surface area contributed by atoms with E-state index in [0.717, 1.165) is 23.6 Å². The zero-order valence-electron chi connectivity index (χ0n) is 11.0. The molecule has 1 aromatic rings. The van der Waals surface area contributed by atoms with Crippen LogP contribution in [0.2, 0.25) is 0 Å². The first-order chi connectivity index (χ1) is 8.61. The van der Waals surface area contributed by atoms with E-state index in [1.807, 2.05) is 32.0 Å². The van der Waals surface area contributed by atoms with Crippen molar-refractivity contribution in [2.45, 2.75) is 38.2 Å². The summed E-state index contributed by atoms with van der Waals surface area (Å²) in [6, 6.07) is 5.99. The molecule has 4 heteroatoms. The second-order valence-electron chi connectivity index (χ2n) is 4.78. The third-order valence-corrected chi connectivity index (χ3v) is 4.00. The van der Waals surface area contributed by atoms with Gasteiger partial charge < -0.3 is 10.1 Å². The highest BCUT2D eigenvalue weighted by atomic mass is 32.2. The van der Waals surface area contributed by atoms with Crippen LogP contribution in [-0.4, -0.2) is 17.8 Å². The Kier molecular flexibility index (Phi) is 4.17. The first kappa shape index (κ1) is 13.3. The van der Waals surface area contributed by atoms with Gasteiger partial charge in [0.15, 0.2) is 6.10 Å². The summed E-state index contributed by atoms with van der Waals surface area (Å²) in [4.78, 5) is 13.0. The molecule has 0 saturated carbocycles. The minimum Gasteiger partial charge on any atom is -0.478 e. The molecule has 1 N–H and O–H groups in total. The first-order valence-electron chi connectivity index (χ1n) is 6.36. The molecule has 1 unspecified atom stereocenters. The molecule has 1 amide bonds. The van der Waals surface area contributed by atoms with Gasteiger partial charge in [0.1, 0.15) is 5.75 Å². The van der Waals surface area contributed by atoms with Gasteiger partial charge in [-0.2, -0.15) is 0 Å². The highest BCUT2D eigenvalue weighted by Gasteiger charge is 2.30.